The molecule has 130 valence electrons. The van der Waals surface area contributed by atoms with Gasteiger partial charge in [0.05, 0.1) is 22.3 Å². The molecule has 0 fully saturated rings. The minimum Gasteiger partial charge on any atom is -0.307 e. The first-order chi connectivity index (χ1) is 12.0. The first-order valence-electron chi connectivity index (χ1n) is 8.12. The molecular weight excluding hydrogens is 338 g/mol. The summed E-state index contributed by atoms with van der Waals surface area (Å²) < 4.78 is 1.07. The standard InChI is InChI=1S/C18H19N3O3S/c1-11(2)9-14(15(22)10-16-19-7-8-25-16)21-17(23)12-5-3-4-6-13(12)20-18(21)24/h3-8,11,14H,9-10H2,1-2H3,(H,20,24)/t14-/m0/s1. The van der Waals surface area contributed by atoms with E-state index in [0.717, 1.165) is 4.57 Å². The number of nitrogens with one attached hydrogen (secondary N) is 1. The Morgan fingerprint density at radius 2 is 2.04 bits per heavy atom. The highest BCUT2D eigenvalue weighted by atomic mass is 32.1. The van der Waals surface area contributed by atoms with Crippen molar-refractivity contribution in [2.24, 2.45) is 5.92 Å². The summed E-state index contributed by atoms with van der Waals surface area (Å²) in [4.78, 5) is 45.1. The number of aromatic amines is 1. The van der Waals surface area contributed by atoms with Gasteiger partial charge in [-0.1, -0.05) is 26.0 Å². The number of para-hydroxylation sites is 1. The number of H-pyrrole nitrogens is 1. The number of aromatic nitrogens is 3. The maximum absolute atomic E-state index is 12.9. The molecule has 0 aliphatic rings. The van der Waals surface area contributed by atoms with Crippen LogP contribution in [-0.2, 0) is 11.2 Å². The summed E-state index contributed by atoms with van der Waals surface area (Å²) in [7, 11) is 0. The van der Waals surface area contributed by atoms with Gasteiger partial charge in [0.1, 0.15) is 6.04 Å². The quantitative estimate of drug-likeness (QED) is 0.735. The topological polar surface area (TPSA) is 84.8 Å². The van der Waals surface area contributed by atoms with Crippen LogP contribution in [0.2, 0.25) is 0 Å². The maximum Gasteiger partial charge on any atom is 0.329 e. The van der Waals surface area contributed by atoms with Gasteiger partial charge in [0, 0.05) is 11.6 Å². The lowest BCUT2D eigenvalue weighted by molar-refractivity contribution is -0.122. The van der Waals surface area contributed by atoms with Crippen molar-refractivity contribution in [2.75, 3.05) is 0 Å². The number of thiazole rings is 1. The summed E-state index contributed by atoms with van der Waals surface area (Å²) in [6.45, 7) is 3.92. The molecule has 0 spiro atoms. The zero-order valence-electron chi connectivity index (χ0n) is 14.1. The summed E-state index contributed by atoms with van der Waals surface area (Å²) in [5.74, 6) is -0.0189. The van der Waals surface area contributed by atoms with E-state index in [1.165, 1.54) is 11.3 Å². The number of fused-ring (bicyclic) bond motifs is 1. The predicted molar refractivity (Wildman–Crippen MR) is 98.1 cm³/mol. The summed E-state index contributed by atoms with van der Waals surface area (Å²) >= 11 is 1.39. The van der Waals surface area contributed by atoms with Crippen LogP contribution in [0, 0.1) is 5.92 Å². The molecule has 2 aromatic heterocycles. The molecule has 25 heavy (non-hydrogen) atoms. The normalized spacial score (nSPS) is 12.6. The Morgan fingerprint density at radius 3 is 2.72 bits per heavy atom. The second kappa shape index (κ2) is 7.14. The van der Waals surface area contributed by atoms with Crippen LogP contribution < -0.4 is 11.2 Å². The Morgan fingerprint density at radius 1 is 1.28 bits per heavy atom. The largest absolute Gasteiger partial charge is 0.329 e. The van der Waals surface area contributed by atoms with Gasteiger partial charge >= 0.3 is 5.69 Å². The number of carbonyl (C=O) groups is 1. The number of rotatable bonds is 6. The molecule has 0 bridgehead atoms. The van der Waals surface area contributed by atoms with Crippen molar-refractivity contribution in [3.05, 3.63) is 61.7 Å². The van der Waals surface area contributed by atoms with Crippen LogP contribution in [0.15, 0.2) is 45.4 Å². The molecule has 0 saturated heterocycles. The molecular formula is C18H19N3O3S. The van der Waals surface area contributed by atoms with Crippen molar-refractivity contribution in [2.45, 2.75) is 32.7 Å². The summed E-state index contributed by atoms with van der Waals surface area (Å²) in [6.07, 6.45) is 2.18. The van der Waals surface area contributed by atoms with E-state index < -0.39 is 17.3 Å². The molecule has 1 aromatic carbocycles. The minimum absolute atomic E-state index is 0.119. The van der Waals surface area contributed by atoms with Crippen molar-refractivity contribution in [3.63, 3.8) is 0 Å². The van der Waals surface area contributed by atoms with Crippen LogP contribution in [0.25, 0.3) is 10.9 Å². The molecule has 3 aromatic rings. The van der Waals surface area contributed by atoms with Crippen molar-refractivity contribution < 1.29 is 4.79 Å². The number of hydrogen-bond donors (Lipinski definition) is 1. The lowest BCUT2D eigenvalue weighted by Gasteiger charge is -2.19. The number of hydrogen-bond acceptors (Lipinski definition) is 5. The fraction of sp³-hybridized carbons (Fsp3) is 0.333. The summed E-state index contributed by atoms with van der Waals surface area (Å²) in [5.41, 5.74) is -0.510. The highest BCUT2D eigenvalue weighted by Gasteiger charge is 2.26. The second-order valence-electron chi connectivity index (χ2n) is 6.37. The fourth-order valence-corrected chi connectivity index (χ4v) is 3.52. The monoisotopic (exact) mass is 357 g/mol. The zero-order chi connectivity index (χ0) is 18.0. The van der Waals surface area contributed by atoms with Gasteiger partial charge in [-0.25, -0.2) is 14.3 Å². The summed E-state index contributed by atoms with van der Waals surface area (Å²) in [5, 5.41) is 2.89. The number of ketones is 1. The Balaban J connectivity index is 2.10. The highest BCUT2D eigenvalue weighted by molar-refractivity contribution is 7.09. The van der Waals surface area contributed by atoms with Crippen molar-refractivity contribution in [1.29, 1.82) is 0 Å². The molecule has 0 unspecified atom stereocenters. The Bertz CT molecular complexity index is 1000. The van der Waals surface area contributed by atoms with Gasteiger partial charge in [-0.05, 0) is 24.5 Å². The van der Waals surface area contributed by atoms with E-state index in [1.54, 1.807) is 35.8 Å². The van der Waals surface area contributed by atoms with E-state index >= 15 is 0 Å². The van der Waals surface area contributed by atoms with Crippen molar-refractivity contribution >= 4 is 28.0 Å². The maximum atomic E-state index is 12.9. The van der Waals surface area contributed by atoms with E-state index in [9.17, 15) is 14.4 Å². The van der Waals surface area contributed by atoms with Crippen LogP contribution >= 0.6 is 11.3 Å². The third-order valence-corrected chi connectivity index (χ3v) is 4.80. The van der Waals surface area contributed by atoms with Crippen LogP contribution in [0.4, 0.5) is 0 Å². The minimum atomic E-state index is -0.801. The van der Waals surface area contributed by atoms with Gasteiger partial charge in [0.15, 0.2) is 5.78 Å². The van der Waals surface area contributed by atoms with Crippen molar-refractivity contribution in [3.8, 4) is 0 Å². The first-order valence-corrected chi connectivity index (χ1v) is 9.00. The molecule has 1 N–H and O–H groups in total. The molecule has 0 amide bonds. The van der Waals surface area contributed by atoms with Crippen molar-refractivity contribution in [1.82, 2.24) is 14.5 Å². The third-order valence-electron chi connectivity index (χ3n) is 4.02. The Labute approximate surface area is 148 Å². The van der Waals surface area contributed by atoms with Gasteiger partial charge in [0.25, 0.3) is 5.56 Å². The molecule has 0 aliphatic carbocycles. The number of benzene rings is 1. The first kappa shape index (κ1) is 17.3. The summed E-state index contributed by atoms with van der Waals surface area (Å²) in [6, 6.07) is 6.02. The van der Waals surface area contributed by atoms with Gasteiger partial charge in [-0.2, -0.15) is 0 Å². The predicted octanol–water partition coefficient (Wildman–Crippen LogP) is 2.55. The van der Waals surface area contributed by atoms with Crippen LogP contribution in [0.5, 0.6) is 0 Å². The van der Waals surface area contributed by atoms with Gasteiger partial charge in [-0.3, -0.25) is 9.59 Å². The van der Waals surface area contributed by atoms with E-state index in [1.807, 2.05) is 13.8 Å². The lowest BCUT2D eigenvalue weighted by atomic mass is 9.98. The smallest absolute Gasteiger partial charge is 0.307 e. The number of Topliss-reactive ketones (excluding diaryl/α,β-unsaturated/α-hetero) is 1. The van der Waals surface area contributed by atoms with Gasteiger partial charge < -0.3 is 4.98 Å². The number of nitrogens with zero attached hydrogens (tertiary/aromatic N) is 2. The number of carbonyl (C=O) groups excluding carboxylic acids is 1. The van der Waals surface area contributed by atoms with Crippen LogP contribution in [0.3, 0.4) is 0 Å². The zero-order valence-corrected chi connectivity index (χ0v) is 14.9. The van der Waals surface area contributed by atoms with Gasteiger partial charge in [0.2, 0.25) is 0 Å². The molecule has 0 aliphatic heterocycles. The Kier molecular flexibility index (Phi) is 4.94. The third kappa shape index (κ3) is 3.61. The van der Waals surface area contributed by atoms with E-state index in [2.05, 4.69) is 9.97 Å². The fourth-order valence-electron chi connectivity index (χ4n) is 2.89. The van der Waals surface area contributed by atoms with Gasteiger partial charge in [-0.15, -0.1) is 11.3 Å². The van der Waals surface area contributed by atoms with E-state index in [-0.39, 0.29) is 18.1 Å². The van der Waals surface area contributed by atoms with Crippen LogP contribution in [-0.4, -0.2) is 20.3 Å². The van der Waals surface area contributed by atoms with E-state index in [0.29, 0.717) is 22.3 Å². The molecule has 2 heterocycles. The molecule has 3 rings (SSSR count). The lowest BCUT2D eigenvalue weighted by Crippen LogP contribution is -2.41. The highest BCUT2D eigenvalue weighted by Crippen LogP contribution is 2.19. The van der Waals surface area contributed by atoms with E-state index in [4.69, 9.17) is 0 Å². The van der Waals surface area contributed by atoms with Crippen LogP contribution in [0.1, 0.15) is 31.3 Å². The molecule has 1 atom stereocenters. The molecule has 0 radical (unpaired) electrons. The average Bonchev–Trinajstić information content (AvgIpc) is 3.06. The molecule has 6 nitrogen and oxygen atoms in total. The average molecular weight is 357 g/mol. The Hall–Kier alpha value is -2.54. The molecule has 7 heteroatoms. The second-order valence-corrected chi connectivity index (χ2v) is 7.34. The SMILES string of the molecule is CC(C)C[C@@H](C(=O)Cc1nccs1)n1c(=O)[nH]c2ccccc2c1=O. The molecule has 0 saturated carbocycles.